The van der Waals surface area contributed by atoms with E-state index in [1.165, 1.54) is 18.9 Å². The molecule has 0 N–H and O–H groups in total. The Morgan fingerprint density at radius 3 is 2.74 bits per heavy atom. The van der Waals surface area contributed by atoms with Crippen LogP contribution in [0.5, 0.6) is 5.75 Å². The molecule has 0 spiro atoms. The molecule has 2 saturated heterocycles. The highest BCUT2D eigenvalue weighted by atomic mass is 19.1. The zero-order valence-corrected chi connectivity index (χ0v) is 13.7. The minimum Gasteiger partial charge on any atom is -0.478 e. The Bertz CT molecular complexity index is 546. The van der Waals surface area contributed by atoms with Gasteiger partial charge in [0.2, 0.25) is 0 Å². The van der Waals surface area contributed by atoms with E-state index in [-0.39, 0.29) is 11.7 Å². The van der Waals surface area contributed by atoms with Gasteiger partial charge in [0.1, 0.15) is 0 Å². The van der Waals surface area contributed by atoms with Gasteiger partial charge in [0.25, 0.3) is 5.91 Å². The van der Waals surface area contributed by atoms with E-state index in [9.17, 15) is 9.18 Å². The van der Waals surface area contributed by atoms with Gasteiger partial charge in [-0.1, -0.05) is 19.1 Å². The van der Waals surface area contributed by atoms with Gasteiger partial charge >= 0.3 is 0 Å². The second kappa shape index (κ2) is 7.30. The fourth-order valence-electron chi connectivity index (χ4n) is 3.55. The molecule has 2 unspecified atom stereocenters. The summed E-state index contributed by atoms with van der Waals surface area (Å²) in [5.41, 5.74) is 0. The molecule has 2 fully saturated rings. The van der Waals surface area contributed by atoms with Crippen LogP contribution in [0.3, 0.4) is 0 Å². The number of hydrogen-bond acceptors (Lipinski definition) is 3. The van der Waals surface area contributed by atoms with Crippen LogP contribution in [-0.4, -0.2) is 54.0 Å². The molecular formula is C18H25FN2O2. The average molecular weight is 320 g/mol. The van der Waals surface area contributed by atoms with Gasteiger partial charge in [-0.3, -0.25) is 9.69 Å². The van der Waals surface area contributed by atoms with Gasteiger partial charge < -0.3 is 9.64 Å². The summed E-state index contributed by atoms with van der Waals surface area (Å²) in [5.74, 6) is -0.282. The van der Waals surface area contributed by atoms with Gasteiger partial charge in [-0.25, -0.2) is 4.39 Å². The fraction of sp³-hybridized carbons (Fsp3) is 0.611. The van der Waals surface area contributed by atoms with Crippen LogP contribution in [0.25, 0.3) is 0 Å². The van der Waals surface area contributed by atoms with Gasteiger partial charge in [-0.15, -0.1) is 0 Å². The summed E-state index contributed by atoms with van der Waals surface area (Å²) in [7, 11) is 0. The molecule has 2 aliphatic rings. The number of likely N-dealkylation sites (tertiary alicyclic amines) is 2. The van der Waals surface area contributed by atoms with Crippen LogP contribution < -0.4 is 4.74 Å². The summed E-state index contributed by atoms with van der Waals surface area (Å²) >= 11 is 0. The van der Waals surface area contributed by atoms with Crippen molar-refractivity contribution in [2.24, 2.45) is 0 Å². The van der Waals surface area contributed by atoms with Crippen molar-refractivity contribution in [1.29, 1.82) is 0 Å². The lowest BCUT2D eigenvalue weighted by atomic mass is 10.2. The minimum absolute atomic E-state index is 0.0163. The number of ether oxygens (including phenoxy) is 1. The van der Waals surface area contributed by atoms with Crippen molar-refractivity contribution in [3.05, 3.63) is 30.1 Å². The maximum absolute atomic E-state index is 13.7. The number of benzene rings is 1. The van der Waals surface area contributed by atoms with E-state index in [0.29, 0.717) is 12.5 Å². The topological polar surface area (TPSA) is 32.8 Å². The average Bonchev–Trinajstić information content (AvgIpc) is 3.24. The van der Waals surface area contributed by atoms with Crippen LogP contribution in [0.1, 0.15) is 32.6 Å². The van der Waals surface area contributed by atoms with Crippen LogP contribution in [0.2, 0.25) is 0 Å². The largest absolute Gasteiger partial charge is 0.478 e. The third-order valence-electron chi connectivity index (χ3n) is 4.88. The molecule has 0 saturated carbocycles. The molecule has 2 heterocycles. The van der Waals surface area contributed by atoms with Gasteiger partial charge in [0, 0.05) is 19.1 Å². The molecule has 23 heavy (non-hydrogen) atoms. The lowest BCUT2D eigenvalue weighted by molar-refractivity contribution is -0.138. The lowest BCUT2D eigenvalue weighted by Crippen LogP contribution is -2.43. The van der Waals surface area contributed by atoms with Crippen molar-refractivity contribution in [3.8, 4) is 5.75 Å². The predicted octanol–water partition coefficient (Wildman–Crippen LogP) is 2.68. The van der Waals surface area contributed by atoms with Crippen molar-refractivity contribution in [2.45, 2.75) is 44.8 Å². The van der Waals surface area contributed by atoms with Gasteiger partial charge in [-0.2, -0.15) is 0 Å². The molecule has 2 atom stereocenters. The van der Waals surface area contributed by atoms with Crippen molar-refractivity contribution < 1.29 is 13.9 Å². The van der Waals surface area contributed by atoms with E-state index in [1.54, 1.807) is 18.2 Å². The summed E-state index contributed by atoms with van der Waals surface area (Å²) in [6.45, 7) is 5.75. The number of para-hydroxylation sites is 1. The lowest BCUT2D eigenvalue weighted by Gasteiger charge is -2.26. The van der Waals surface area contributed by atoms with Gasteiger partial charge in [0.15, 0.2) is 17.7 Å². The van der Waals surface area contributed by atoms with Crippen LogP contribution in [-0.2, 0) is 4.79 Å². The molecule has 5 heteroatoms. The molecule has 2 aliphatic heterocycles. The monoisotopic (exact) mass is 320 g/mol. The molecule has 0 aliphatic carbocycles. The van der Waals surface area contributed by atoms with E-state index in [4.69, 9.17) is 4.74 Å². The number of halogens is 1. The number of carbonyl (C=O) groups is 1. The number of amides is 1. The predicted molar refractivity (Wildman–Crippen MR) is 86.9 cm³/mol. The second-order valence-corrected chi connectivity index (χ2v) is 6.41. The van der Waals surface area contributed by atoms with E-state index in [0.717, 1.165) is 32.6 Å². The highest BCUT2D eigenvalue weighted by molar-refractivity contribution is 5.81. The van der Waals surface area contributed by atoms with Crippen LogP contribution in [0, 0.1) is 5.82 Å². The Balaban J connectivity index is 1.60. The summed E-state index contributed by atoms with van der Waals surface area (Å²) in [6.07, 6.45) is 3.49. The number of nitrogens with zero attached hydrogens (tertiary/aromatic N) is 2. The fourth-order valence-corrected chi connectivity index (χ4v) is 3.55. The van der Waals surface area contributed by atoms with Crippen molar-refractivity contribution in [2.75, 3.05) is 26.2 Å². The third-order valence-corrected chi connectivity index (χ3v) is 4.88. The Morgan fingerprint density at radius 2 is 2.04 bits per heavy atom. The maximum atomic E-state index is 13.7. The summed E-state index contributed by atoms with van der Waals surface area (Å²) < 4.78 is 19.4. The zero-order valence-electron chi connectivity index (χ0n) is 13.7. The molecule has 0 aromatic heterocycles. The van der Waals surface area contributed by atoms with Crippen LogP contribution >= 0.6 is 0 Å². The molecule has 4 nitrogen and oxygen atoms in total. The molecule has 3 rings (SSSR count). The molecule has 0 bridgehead atoms. The Labute approximate surface area is 137 Å². The molecular weight excluding hydrogens is 295 g/mol. The van der Waals surface area contributed by atoms with Crippen LogP contribution in [0.15, 0.2) is 24.3 Å². The standard InChI is InChI=1S/C18H25FN2O2/c1-2-16(23-17-8-4-3-7-15(17)19)18(22)21-12-9-14(13-21)20-10-5-6-11-20/h3-4,7-8,14,16H,2,5-6,9-13H2,1H3. The maximum Gasteiger partial charge on any atom is 0.263 e. The van der Waals surface area contributed by atoms with Gasteiger partial charge in [-0.05, 0) is 50.9 Å². The van der Waals surface area contributed by atoms with Crippen LogP contribution in [0.4, 0.5) is 4.39 Å². The van der Waals surface area contributed by atoms with Gasteiger partial charge in [0.05, 0.1) is 0 Å². The molecule has 0 radical (unpaired) electrons. The number of hydrogen-bond donors (Lipinski definition) is 0. The highest BCUT2D eigenvalue weighted by Gasteiger charge is 2.34. The molecule has 1 aromatic carbocycles. The van der Waals surface area contributed by atoms with E-state index in [1.807, 2.05) is 11.8 Å². The van der Waals surface area contributed by atoms with Crippen molar-refractivity contribution in [1.82, 2.24) is 9.80 Å². The Kier molecular flexibility index (Phi) is 5.16. The number of rotatable bonds is 5. The first-order chi connectivity index (χ1) is 11.2. The van der Waals surface area contributed by atoms with E-state index >= 15 is 0 Å². The second-order valence-electron chi connectivity index (χ2n) is 6.41. The van der Waals surface area contributed by atoms with Crippen molar-refractivity contribution >= 4 is 5.91 Å². The zero-order chi connectivity index (χ0) is 16.2. The first-order valence-corrected chi connectivity index (χ1v) is 8.63. The first-order valence-electron chi connectivity index (χ1n) is 8.63. The molecule has 1 aromatic rings. The van der Waals surface area contributed by atoms with Crippen molar-refractivity contribution in [3.63, 3.8) is 0 Å². The SMILES string of the molecule is CCC(Oc1ccccc1F)C(=O)N1CCC(N2CCCC2)C1. The minimum atomic E-state index is -0.607. The quantitative estimate of drug-likeness (QED) is 0.836. The Morgan fingerprint density at radius 1 is 1.30 bits per heavy atom. The first kappa shape index (κ1) is 16.2. The Hall–Kier alpha value is -1.62. The highest BCUT2D eigenvalue weighted by Crippen LogP contribution is 2.23. The van der Waals surface area contributed by atoms with E-state index < -0.39 is 11.9 Å². The van der Waals surface area contributed by atoms with E-state index in [2.05, 4.69) is 4.90 Å². The molecule has 126 valence electrons. The summed E-state index contributed by atoms with van der Waals surface area (Å²) in [5, 5.41) is 0. The summed E-state index contributed by atoms with van der Waals surface area (Å²) in [6, 6.07) is 6.74. The smallest absolute Gasteiger partial charge is 0.263 e. The normalized spacial score (nSPS) is 23.2. The summed E-state index contributed by atoms with van der Waals surface area (Å²) in [4.78, 5) is 17.1. The molecule has 1 amide bonds. The number of carbonyl (C=O) groups excluding carboxylic acids is 1. The third kappa shape index (κ3) is 3.66.